The second-order valence-corrected chi connectivity index (χ2v) is 6.74. The van der Waals surface area contributed by atoms with Crippen molar-refractivity contribution in [3.05, 3.63) is 65.5 Å². The third kappa shape index (κ3) is 3.15. The third-order valence-electron chi connectivity index (χ3n) is 3.41. The smallest absolute Gasteiger partial charge is 0.335 e. The van der Waals surface area contributed by atoms with Gasteiger partial charge in [0.25, 0.3) is 10.0 Å². The zero-order chi connectivity index (χ0) is 17.3. The highest BCUT2D eigenvalue weighted by molar-refractivity contribution is 7.89. The largest absolute Gasteiger partial charge is 0.478 e. The Kier molecular flexibility index (Phi) is 4.08. The summed E-state index contributed by atoms with van der Waals surface area (Å²) in [4.78, 5) is 10.9. The molecule has 24 heavy (non-hydrogen) atoms. The summed E-state index contributed by atoms with van der Waals surface area (Å²) < 4.78 is 45.7. The van der Waals surface area contributed by atoms with E-state index < -0.39 is 28.4 Å². The predicted octanol–water partition coefficient (Wildman–Crippen LogP) is 2.75. The van der Waals surface area contributed by atoms with Crippen molar-refractivity contribution >= 4 is 27.0 Å². The molecule has 0 bridgehead atoms. The van der Waals surface area contributed by atoms with Gasteiger partial charge in [0.05, 0.1) is 5.56 Å². The highest BCUT2D eigenvalue weighted by Crippen LogP contribution is 2.22. The molecule has 124 valence electrons. The lowest BCUT2D eigenvalue weighted by Gasteiger charge is -2.06. The van der Waals surface area contributed by atoms with E-state index in [9.17, 15) is 17.6 Å². The van der Waals surface area contributed by atoms with Crippen molar-refractivity contribution in [2.45, 2.75) is 11.6 Å². The van der Waals surface area contributed by atoms with Crippen molar-refractivity contribution < 1.29 is 27.1 Å². The first-order chi connectivity index (χ1) is 11.4. The van der Waals surface area contributed by atoms with Crippen LogP contribution in [-0.2, 0) is 16.6 Å². The summed E-state index contributed by atoms with van der Waals surface area (Å²) in [5, 5.41) is 9.24. The summed E-state index contributed by atoms with van der Waals surface area (Å²) in [6, 6.07) is 11.3. The van der Waals surface area contributed by atoms with Gasteiger partial charge in [0.1, 0.15) is 11.4 Å². The molecule has 0 saturated heterocycles. The molecule has 0 radical (unpaired) electrons. The van der Waals surface area contributed by atoms with Crippen molar-refractivity contribution in [3.8, 4) is 0 Å². The van der Waals surface area contributed by atoms with E-state index in [0.717, 1.165) is 18.2 Å². The van der Waals surface area contributed by atoms with Gasteiger partial charge in [-0.25, -0.2) is 22.3 Å². The van der Waals surface area contributed by atoms with Gasteiger partial charge in [-0.15, -0.1) is 0 Å². The second kappa shape index (κ2) is 6.06. The minimum absolute atomic E-state index is 0.0745. The summed E-state index contributed by atoms with van der Waals surface area (Å²) >= 11 is 0. The van der Waals surface area contributed by atoms with Crippen molar-refractivity contribution in [1.82, 2.24) is 4.72 Å². The minimum Gasteiger partial charge on any atom is -0.478 e. The number of rotatable bonds is 5. The monoisotopic (exact) mass is 349 g/mol. The van der Waals surface area contributed by atoms with Gasteiger partial charge in [-0.1, -0.05) is 18.2 Å². The zero-order valence-corrected chi connectivity index (χ0v) is 13.0. The first-order valence-corrected chi connectivity index (χ1v) is 8.35. The molecule has 0 amide bonds. The molecular formula is C16H12FNO5S. The number of carboxylic acids is 1. The molecule has 3 rings (SSSR count). The Balaban J connectivity index is 1.85. The number of sulfonamides is 1. The van der Waals surface area contributed by atoms with Crippen LogP contribution in [0.1, 0.15) is 15.9 Å². The molecule has 6 nitrogen and oxygen atoms in total. The van der Waals surface area contributed by atoms with Gasteiger partial charge in [-0.3, -0.25) is 0 Å². The van der Waals surface area contributed by atoms with Crippen LogP contribution in [0.3, 0.4) is 0 Å². The third-order valence-corrected chi connectivity index (χ3v) is 4.67. The molecule has 0 aliphatic carbocycles. The Morgan fingerprint density at radius 2 is 1.92 bits per heavy atom. The lowest BCUT2D eigenvalue weighted by atomic mass is 10.1. The molecule has 0 saturated carbocycles. The second-order valence-electron chi connectivity index (χ2n) is 5.04. The van der Waals surface area contributed by atoms with Crippen LogP contribution in [0.15, 0.2) is 58.0 Å². The number of carbonyl (C=O) groups is 1. The molecule has 3 aromatic rings. The highest BCUT2D eigenvalue weighted by Gasteiger charge is 2.20. The molecular weight excluding hydrogens is 337 g/mol. The molecule has 0 spiro atoms. The Morgan fingerprint density at radius 3 is 2.62 bits per heavy atom. The van der Waals surface area contributed by atoms with E-state index in [-0.39, 0.29) is 16.2 Å². The van der Waals surface area contributed by atoms with Gasteiger partial charge >= 0.3 is 5.97 Å². The van der Waals surface area contributed by atoms with Gasteiger partial charge in [-0.05, 0) is 24.3 Å². The molecule has 0 fully saturated rings. The highest BCUT2D eigenvalue weighted by atomic mass is 32.2. The SMILES string of the molecule is O=C(O)c1ccc(F)c(CNS(=O)(=O)c2cc3ccccc3o2)c1. The number of halogens is 1. The van der Waals surface area contributed by atoms with E-state index >= 15 is 0 Å². The fourth-order valence-corrected chi connectivity index (χ4v) is 3.15. The van der Waals surface area contributed by atoms with Gasteiger partial charge in [0, 0.05) is 23.6 Å². The topological polar surface area (TPSA) is 96.6 Å². The average Bonchev–Trinajstić information content (AvgIpc) is 2.99. The number of carboxylic acid groups (broad SMARTS) is 1. The summed E-state index contributed by atoms with van der Waals surface area (Å²) in [5.74, 6) is -1.93. The van der Waals surface area contributed by atoms with Crippen molar-refractivity contribution in [1.29, 1.82) is 0 Å². The predicted molar refractivity (Wildman–Crippen MR) is 83.6 cm³/mol. The lowest BCUT2D eigenvalue weighted by molar-refractivity contribution is 0.0696. The van der Waals surface area contributed by atoms with Crippen LogP contribution < -0.4 is 4.72 Å². The Bertz CT molecular complexity index is 993. The quantitative estimate of drug-likeness (QED) is 0.738. The first kappa shape index (κ1) is 16.2. The fraction of sp³-hybridized carbons (Fsp3) is 0.0625. The van der Waals surface area contributed by atoms with Gasteiger partial charge in [-0.2, -0.15) is 0 Å². The maximum Gasteiger partial charge on any atom is 0.335 e. The number of furan rings is 1. The standard InChI is InChI=1S/C16H12FNO5S/c17-13-6-5-11(16(19)20)7-12(13)9-18-24(21,22)15-8-10-3-1-2-4-14(10)23-15/h1-8,18H,9H2,(H,19,20). The number of hydrogen-bond acceptors (Lipinski definition) is 4. The molecule has 0 unspecified atom stereocenters. The molecule has 0 aliphatic rings. The van der Waals surface area contributed by atoms with Gasteiger partial charge in [0.15, 0.2) is 0 Å². The van der Waals surface area contributed by atoms with Crippen molar-refractivity contribution in [2.24, 2.45) is 0 Å². The molecule has 0 aliphatic heterocycles. The minimum atomic E-state index is -4.00. The Morgan fingerprint density at radius 1 is 1.17 bits per heavy atom. The number of fused-ring (bicyclic) bond motifs is 1. The number of aromatic carboxylic acids is 1. The Labute approximate surface area is 136 Å². The molecule has 1 heterocycles. The van der Waals surface area contributed by atoms with E-state index in [0.29, 0.717) is 11.0 Å². The van der Waals surface area contributed by atoms with Crippen LogP contribution in [0.25, 0.3) is 11.0 Å². The lowest BCUT2D eigenvalue weighted by Crippen LogP contribution is -2.23. The summed E-state index contributed by atoms with van der Waals surface area (Å²) in [5.41, 5.74) is 0.209. The normalized spacial score (nSPS) is 11.7. The van der Waals surface area contributed by atoms with Crippen LogP contribution in [0.2, 0.25) is 0 Å². The number of hydrogen-bond donors (Lipinski definition) is 2. The zero-order valence-electron chi connectivity index (χ0n) is 12.2. The van der Waals surface area contributed by atoms with Crippen molar-refractivity contribution in [3.63, 3.8) is 0 Å². The molecule has 2 N–H and O–H groups in total. The van der Waals surface area contributed by atoms with Gasteiger partial charge < -0.3 is 9.52 Å². The maximum absolute atomic E-state index is 13.7. The maximum atomic E-state index is 13.7. The van der Waals surface area contributed by atoms with E-state index in [1.54, 1.807) is 24.3 Å². The number of nitrogens with one attached hydrogen (secondary N) is 1. The molecule has 0 atom stereocenters. The van der Waals surface area contributed by atoms with E-state index in [1.807, 2.05) is 0 Å². The summed E-state index contributed by atoms with van der Waals surface area (Å²) in [7, 11) is -4.00. The van der Waals surface area contributed by atoms with E-state index in [1.165, 1.54) is 6.07 Å². The summed E-state index contributed by atoms with van der Waals surface area (Å²) in [6.07, 6.45) is 0. The summed E-state index contributed by atoms with van der Waals surface area (Å²) in [6.45, 7) is -0.396. The molecule has 1 aromatic heterocycles. The van der Waals surface area contributed by atoms with Crippen LogP contribution in [-0.4, -0.2) is 19.5 Å². The van der Waals surface area contributed by atoms with E-state index in [2.05, 4.69) is 4.72 Å². The van der Waals surface area contributed by atoms with Crippen LogP contribution in [0.5, 0.6) is 0 Å². The van der Waals surface area contributed by atoms with Gasteiger partial charge in [0.2, 0.25) is 5.09 Å². The van der Waals surface area contributed by atoms with Crippen molar-refractivity contribution in [2.75, 3.05) is 0 Å². The average molecular weight is 349 g/mol. The van der Waals surface area contributed by atoms with Crippen LogP contribution in [0.4, 0.5) is 4.39 Å². The fourth-order valence-electron chi connectivity index (χ4n) is 2.18. The number of benzene rings is 2. The Hall–Kier alpha value is -2.71. The number of para-hydroxylation sites is 1. The van der Waals surface area contributed by atoms with Crippen LogP contribution >= 0.6 is 0 Å². The molecule has 2 aromatic carbocycles. The molecule has 8 heteroatoms. The van der Waals surface area contributed by atoms with Crippen LogP contribution in [0, 0.1) is 5.82 Å². The van der Waals surface area contributed by atoms with E-state index in [4.69, 9.17) is 9.52 Å². The first-order valence-electron chi connectivity index (χ1n) is 6.87.